The van der Waals surface area contributed by atoms with Crippen molar-refractivity contribution in [3.8, 4) is 11.5 Å². The van der Waals surface area contributed by atoms with E-state index >= 15 is 0 Å². The largest absolute Gasteiger partial charge is 0.486 e. The van der Waals surface area contributed by atoms with Crippen LogP contribution in [0.2, 0.25) is 0 Å². The monoisotopic (exact) mass is 413 g/mol. The van der Waals surface area contributed by atoms with Crippen molar-refractivity contribution < 1.29 is 28.7 Å². The standard InChI is InChI=1S/C21H23N3O6/c25-18(4-2-15-1-3-16-17(13-15)30-12-11-29-16)22-7-9-23(10-8-22)21(28)14-24-19(26)5-6-20(24)27/h1-4,13H,5-12,14H2/b4-2+. The minimum atomic E-state index is -0.300. The van der Waals surface area contributed by atoms with Gasteiger partial charge in [-0.2, -0.15) is 0 Å². The summed E-state index contributed by atoms with van der Waals surface area (Å²) in [4.78, 5) is 52.5. The maximum atomic E-state index is 12.5. The van der Waals surface area contributed by atoms with Gasteiger partial charge in [-0.1, -0.05) is 6.07 Å². The number of hydrogen-bond donors (Lipinski definition) is 0. The van der Waals surface area contributed by atoms with E-state index in [2.05, 4.69) is 0 Å². The summed E-state index contributed by atoms with van der Waals surface area (Å²) in [5.41, 5.74) is 0.835. The molecule has 1 aromatic carbocycles. The summed E-state index contributed by atoms with van der Waals surface area (Å²) in [6.45, 7) is 2.37. The van der Waals surface area contributed by atoms with E-state index in [0.717, 1.165) is 10.5 Å². The molecule has 0 radical (unpaired) electrons. The molecule has 0 saturated carbocycles. The summed E-state index contributed by atoms with van der Waals surface area (Å²) in [6.07, 6.45) is 3.57. The molecule has 0 unspecified atom stereocenters. The molecule has 3 aliphatic rings. The third kappa shape index (κ3) is 4.29. The summed E-state index contributed by atoms with van der Waals surface area (Å²) in [6, 6.07) is 5.50. The Balaban J connectivity index is 1.28. The molecule has 30 heavy (non-hydrogen) atoms. The first kappa shape index (κ1) is 19.9. The molecule has 4 rings (SSSR count). The Labute approximate surface area is 173 Å². The van der Waals surface area contributed by atoms with Gasteiger partial charge in [-0.3, -0.25) is 24.1 Å². The van der Waals surface area contributed by atoms with E-state index in [1.165, 1.54) is 6.08 Å². The van der Waals surface area contributed by atoms with E-state index in [0.29, 0.717) is 50.9 Å². The number of piperazine rings is 1. The van der Waals surface area contributed by atoms with E-state index in [1.807, 2.05) is 18.2 Å². The third-order valence-corrected chi connectivity index (χ3v) is 5.38. The molecule has 158 valence electrons. The van der Waals surface area contributed by atoms with Crippen molar-refractivity contribution >= 4 is 29.7 Å². The van der Waals surface area contributed by atoms with Crippen LogP contribution >= 0.6 is 0 Å². The van der Waals surface area contributed by atoms with Gasteiger partial charge in [0, 0.05) is 45.1 Å². The lowest BCUT2D eigenvalue weighted by Gasteiger charge is -2.34. The molecule has 0 bridgehead atoms. The second-order valence-electron chi connectivity index (χ2n) is 7.32. The highest BCUT2D eigenvalue weighted by Crippen LogP contribution is 2.31. The summed E-state index contributed by atoms with van der Waals surface area (Å²) >= 11 is 0. The van der Waals surface area contributed by atoms with Crippen molar-refractivity contribution in [3.05, 3.63) is 29.8 Å². The van der Waals surface area contributed by atoms with Gasteiger partial charge in [0.1, 0.15) is 19.8 Å². The van der Waals surface area contributed by atoms with Crippen molar-refractivity contribution in [2.45, 2.75) is 12.8 Å². The van der Waals surface area contributed by atoms with E-state index in [1.54, 1.807) is 15.9 Å². The number of likely N-dealkylation sites (tertiary alicyclic amines) is 1. The molecule has 2 fully saturated rings. The van der Waals surface area contributed by atoms with Crippen molar-refractivity contribution in [1.29, 1.82) is 0 Å². The van der Waals surface area contributed by atoms with Crippen LogP contribution in [0, 0.1) is 0 Å². The van der Waals surface area contributed by atoms with Gasteiger partial charge in [0.15, 0.2) is 11.5 Å². The minimum absolute atomic E-state index is 0.137. The number of fused-ring (bicyclic) bond motifs is 1. The predicted molar refractivity (Wildman–Crippen MR) is 106 cm³/mol. The normalized spacial score (nSPS) is 19.0. The van der Waals surface area contributed by atoms with Gasteiger partial charge in [0.25, 0.3) is 0 Å². The number of imide groups is 1. The molecule has 0 N–H and O–H groups in total. The van der Waals surface area contributed by atoms with Gasteiger partial charge in [0.05, 0.1) is 0 Å². The van der Waals surface area contributed by atoms with Crippen LogP contribution in [0.3, 0.4) is 0 Å². The lowest BCUT2D eigenvalue weighted by Crippen LogP contribution is -2.52. The van der Waals surface area contributed by atoms with Gasteiger partial charge in [-0.05, 0) is 23.8 Å². The third-order valence-electron chi connectivity index (χ3n) is 5.38. The van der Waals surface area contributed by atoms with Crippen molar-refractivity contribution in [3.63, 3.8) is 0 Å². The number of hydrogen-bond acceptors (Lipinski definition) is 6. The number of carbonyl (C=O) groups excluding carboxylic acids is 4. The molecule has 0 spiro atoms. The Hall–Kier alpha value is -3.36. The van der Waals surface area contributed by atoms with E-state index in [-0.39, 0.29) is 43.0 Å². The van der Waals surface area contributed by atoms with Gasteiger partial charge in [-0.15, -0.1) is 0 Å². The summed E-state index contributed by atoms with van der Waals surface area (Å²) in [5.74, 6) is 0.359. The summed E-state index contributed by atoms with van der Waals surface area (Å²) < 4.78 is 11.0. The van der Waals surface area contributed by atoms with Gasteiger partial charge in [-0.25, -0.2) is 0 Å². The maximum Gasteiger partial charge on any atom is 0.246 e. The molecular weight excluding hydrogens is 390 g/mol. The fourth-order valence-electron chi connectivity index (χ4n) is 3.65. The number of rotatable bonds is 4. The topological polar surface area (TPSA) is 96.5 Å². The lowest BCUT2D eigenvalue weighted by molar-refractivity contribution is -0.146. The highest BCUT2D eigenvalue weighted by molar-refractivity contribution is 6.04. The van der Waals surface area contributed by atoms with Crippen LogP contribution in [-0.4, -0.2) is 84.3 Å². The second-order valence-corrected chi connectivity index (χ2v) is 7.32. The zero-order valence-corrected chi connectivity index (χ0v) is 16.5. The van der Waals surface area contributed by atoms with Gasteiger partial charge in [0.2, 0.25) is 23.6 Å². The Morgan fingerprint density at radius 3 is 2.23 bits per heavy atom. The summed E-state index contributed by atoms with van der Waals surface area (Å²) in [7, 11) is 0. The average molecular weight is 413 g/mol. The van der Waals surface area contributed by atoms with Gasteiger partial charge >= 0.3 is 0 Å². The zero-order chi connectivity index (χ0) is 21.1. The fourth-order valence-corrected chi connectivity index (χ4v) is 3.65. The van der Waals surface area contributed by atoms with Crippen molar-refractivity contribution in [2.24, 2.45) is 0 Å². The highest BCUT2D eigenvalue weighted by atomic mass is 16.6. The first-order valence-electron chi connectivity index (χ1n) is 9.99. The van der Waals surface area contributed by atoms with Gasteiger partial charge < -0.3 is 19.3 Å². The Bertz CT molecular complexity index is 888. The molecular formula is C21H23N3O6. The minimum Gasteiger partial charge on any atom is -0.486 e. The molecule has 0 aromatic heterocycles. The number of benzene rings is 1. The number of amides is 4. The predicted octanol–water partition coefficient (Wildman–Crippen LogP) is 0.291. The molecule has 0 atom stereocenters. The molecule has 2 saturated heterocycles. The van der Waals surface area contributed by atoms with Crippen molar-refractivity contribution in [1.82, 2.24) is 14.7 Å². The van der Waals surface area contributed by atoms with E-state index in [9.17, 15) is 19.2 Å². The van der Waals surface area contributed by atoms with Crippen LogP contribution < -0.4 is 9.47 Å². The molecule has 4 amide bonds. The Morgan fingerprint density at radius 1 is 0.900 bits per heavy atom. The number of carbonyl (C=O) groups is 4. The maximum absolute atomic E-state index is 12.5. The van der Waals surface area contributed by atoms with Crippen molar-refractivity contribution in [2.75, 3.05) is 45.9 Å². The molecule has 1 aromatic rings. The zero-order valence-electron chi connectivity index (χ0n) is 16.5. The van der Waals surface area contributed by atoms with Crippen LogP contribution in [0.1, 0.15) is 18.4 Å². The van der Waals surface area contributed by atoms with E-state index in [4.69, 9.17) is 9.47 Å². The molecule has 9 nitrogen and oxygen atoms in total. The van der Waals surface area contributed by atoms with E-state index < -0.39 is 0 Å². The summed E-state index contributed by atoms with van der Waals surface area (Å²) in [5, 5.41) is 0. The molecule has 3 aliphatic heterocycles. The highest BCUT2D eigenvalue weighted by Gasteiger charge is 2.32. The quantitative estimate of drug-likeness (QED) is 0.520. The van der Waals surface area contributed by atoms with Crippen LogP contribution in [0.25, 0.3) is 6.08 Å². The number of nitrogens with zero attached hydrogens (tertiary/aromatic N) is 3. The number of ether oxygens (including phenoxy) is 2. The fraction of sp³-hybridized carbons (Fsp3) is 0.429. The lowest BCUT2D eigenvalue weighted by atomic mass is 10.1. The average Bonchev–Trinajstić information content (AvgIpc) is 3.09. The Kier molecular flexibility index (Phi) is 5.69. The van der Waals surface area contributed by atoms with Crippen LogP contribution in [0.4, 0.5) is 0 Å². The smallest absolute Gasteiger partial charge is 0.246 e. The first-order valence-corrected chi connectivity index (χ1v) is 9.99. The van der Waals surface area contributed by atoms with Crippen LogP contribution in [-0.2, 0) is 19.2 Å². The van der Waals surface area contributed by atoms with Crippen LogP contribution in [0.5, 0.6) is 11.5 Å². The SMILES string of the molecule is O=C(/C=C/c1ccc2c(c1)OCCO2)N1CCN(C(=O)CN2C(=O)CCC2=O)CC1. The first-order chi connectivity index (χ1) is 14.5. The second kappa shape index (κ2) is 8.56. The molecule has 3 heterocycles. The molecule has 9 heteroatoms. The Morgan fingerprint density at radius 2 is 1.53 bits per heavy atom. The van der Waals surface area contributed by atoms with Crippen LogP contribution in [0.15, 0.2) is 24.3 Å². The molecule has 0 aliphatic carbocycles.